The van der Waals surface area contributed by atoms with Gasteiger partial charge in [0.15, 0.2) is 0 Å². The van der Waals surface area contributed by atoms with Crippen LogP contribution in [-0.4, -0.2) is 44.9 Å². The van der Waals surface area contributed by atoms with E-state index in [1.165, 1.54) is 0 Å². The van der Waals surface area contributed by atoms with Crippen molar-refractivity contribution < 1.29 is 19.7 Å². The van der Waals surface area contributed by atoms with Crippen LogP contribution in [0.4, 0.5) is 4.79 Å². The van der Waals surface area contributed by atoms with Crippen LogP contribution in [0.1, 0.15) is 50.6 Å². The van der Waals surface area contributed by atoms with E-state index in [1.54, 1.807) is 11.0 Å². The van der Waals surface area contributed by atoms with E-state index >= 15 is 0 Å². The van der Waals surface area contributed by atoms with Gasteiger partial charge in [0, 0.05) is 24.3 Å². The molecule has 0 radical (unpaired) electrons. The molecule has 0 saturated carbocycles. The summed E-state index contributed by atoms with van der Waals surface area (Å²) in [6, 6.07) is 3.60. The van der Waals surface area contributed by atoms with Gasteiger partial charge in [-0.3, -0.25) is 4.98 Å². The molecular weight excluding hydrogens is 296 g/mol. The van der Waals surface area contributed by atoms with Gasteiger partial charge in [0.2, 0.25) is 0 Å². The monoisotopic (exact) mass is 322 g/mol. The van der Waals surface area contributed by atoms with E-state index in [4.69, 9.17) is 4.74 Å². The molecular formula is C17H26N2O4. The van der Waals surface area contributed by atoms with E-state index in [0.29, 0.717) is 37.2 Å². The van der Waals surface area contributed by atoms with Crippen molar-refractivity contribution in [2.75, 3.05) is 13.1 Å². The zero-order valence-electron chi connectivity index (χ0n) is 14.3. The van der Waals surface area contributed by atoms with Crippen LogP contribution in [0.2, 0.25) is 0 Å². The average Bonchev–Trinajstić information content (AvgIpc) is 2.46. The lowest BCUT2D eigenvalue weighted by atomic mass is 9.85. The lowest BCUT2D eigenvalue weighted by Crippen LogP contribution is -2.47. The molecule has 2 N–H and O–H groups in total. The van der Waals surface area contributed by atoms with E-state index in [2.05, 4.69) is 4.98 Å². The summed E-state index contributed by atoms with van der Waals surface area (Å²) in [4.78, 5) is 18.1. The third-order valence-electron chi connectivity index (χ3n) is 3.97. The number of carbonyl (C=O) groups excluding carboxylic acids is 1. The number of rotatable bonds is 2. The van der Waals surface area contributed by atoms with Crippen LogP contribution in [0.3, 0.4) is 0 Å². The van der Waals surface area contributed by atoms with Crippen molar-refractivity contribution in [1.82, 2.24) is 9.88 Å². The minimum atomic E-state index is -1.12. The first-order valence-electron chi connectivity index (χ1n) is 7.93. The van der Waals surface area contributed by atoms with Crippen molar-refractivity contribution in [2.45, 2.75) is 58.3 Å². The fourth-order valence-corrected chi connectivity index (χ4v) is 2.74. The summed E-state index contributed by atoms with van der Waals surface area (Å²) in [5.41, 5.74) is 0.281. The Labute approximate surface area is 137 Å². The van der Waals surface area contributed by atoms with Crippen molar-refractivity contribution in [3.05, 3.63) is 29.1 Å². The standard InChI is InChI=1S/C17H26N2O4/c1-12-5-6-13(11-20)14(18-12)17(22)7-9-19(10-8-17)15(21)23-16(2,3)4/h5-6,20,22H,7-11H2,1-4H3. The van der Waals surface area contributed by atoms with Gasteiger partial charge in [0.1, 0.15) is 11.2 Å². The van der Waals surface area contributed by atoms with Gasteiger partial charge in [-0.1, -0.05) is 6.07 Å². The van der Waals surface area contributed by atoms with Crippen molar-refractivity contribution in [1.29, 1.82) is 0 Å². The fraction of sp³-hybridized carbons (Fsp3) is 0.647. The van der Waals surface area contributed by atoms with Crippen LogP contribution in [0.25, 0.3) is 0 Å². The minimum Gasteiger partial charge on any atom is -0.444 e. The summed E-state index contributed by atoms with van der Waals surface area (Å²) < 4.78 is 5.36. The van der Waals surface area contributed by atoms with E-state index in [-0.39, 0.29) is 12.7 Å². The number of piperidine rings is 1. The summed E-state index contributed by atoms with van der Waals surface area (Å²) >= 11 is 0. The molecule has 0 aromatic carbocycles. The van der Waals surface area contributed by atoms with Gasteiger partial charge in [-0.15, -0.1) is 0 Å². The van der Waals surface area contributed by atoms with Gasteiger partial charge in [-0.2, -0.15) is 0 Å². The summed E-state index contributed by atoms with van der Waals surface area (Å²) in [6.45, 7) is 7.96. The molecule has 6 nitrogen and oxygen atoms in total. The smallest absolute Gasteiger partial charge is 0.410 e. The first-order valence-corrected chi connectivity index (χ1v) is 7.93. The van der Waals surface area contributed by atoms with E-state index < -0.39 is 11.2 Å². The number of carbonyl (C=O) groups is 1. The molecule has 6 heteroatoms. The minimum absolute atomic E-state index is 0.166. The molecule has 0 unspecified atom stereocenters. The molecule has 2 rings (SSSR count). The van der Waals surface area contributed by atoms with Crippen molar-refractivity contribution in [3.63, 3.8) is 0 Å². The number of aromatic nitrogens is 1. The Morgan fingerprint density at radius 2 is 1.96 bits per heavy atom. The van der Waals surface area contributed by atoms with E-state index in [0.717, 1.165) is 5.69 Å². The van der Waals surface area contributed by atoms with Crippen LogP contribution in [-0.2, 0) is 16.9 Å². The molecule has 1 aromatic rings. The average molecular weight is 322 g/mol. The third-order valence-corrected chi connectivity index (χ3v) is 3.97. The molecule has 1 fully saturated rings. The molecule has 1 amide bonds. The highest BCUT2D eigenvalue weighted by molar-refractivity contribution is 5.68. The number of likely N-dealkylation sites (tertiary alicyclic amines) is 1. The molecule has 0 spiro atoms. The number of ether oxygens (including phenoxy) is 1. The highest BCUT2D eigenvalue weighted by Gasteiger charge is 2.39. The molecule has 1 aliphatic rings. The number of nitrogens with zero attached hydrogens (tertiary/aromatic N) is 2. The zero-order chi connectivity index (χ0) is 17.3. The summed E-state index contributed by atoms with van der Waals surface area (Å²) in [7, 11) is 0. The Hall–Kier alpha value is -1.66. The molecule has 1 aromatic heterocycles. The molecule has 23 heavy (non-hydrogen) atoms. The lowest BCUT2D eigenvalue weighted by Gasteiger charge is -2.39. The van der Waals surface area contributed by atoms with Crippen LogP contribution in [0.5, 0.6) is 0 Å². The summed E-state index contributed by atoms with van der Waals surface area (Å²) in [6.07, 6.45) is 0.380. The number of pyridine rings is 1. The van der Waals surface area contributed by atoms with Crippen LogP contribution < -0.4 is 0 Å². The largest absolute Gasteiger partial charge is 0.444 e. The Bertz CT molecular complexity index is 572. The Morgan fingerprint density at radius 1 is 1.35 bits per heavy atom. The molecule has 1 saturated heterocycles. The van der Waals surface area contributed by atoms with Crippen molar-refractivity contribution in [2.24, 2.45) is 0 Å². The predicted octanol–water partition coefficient (Wildman–Crippen LogP) is 2.10. The second-order valence-corrected chi connectivity index (χ2v) is 7.12. The highest BCUT2D eigenvalue weighted by atomic mass is 16.6. The van der Waals surface area contributed by atoms with Gasteiger partial charge >= 0.3 is 6.09 Å². The van der Waals surface area contributed by atoms with Gasteiger partial charge in [-0.25, -0.2) is 4.79 Å². The number of amides is 1. The van der Waals surface area contributed by atoms with Gasteiger partial charge in [-0.05, 0) is 46.6 Å². The number of aliphatic hydroxyl groups excluding tert-OH is 1. The Morgan fingerprint density at radius 3 is 2.48 bits per heavy atom. The third kappa shape index (κ3) is 4.20. The van der Waals surface area contributed by atoms with Crippen LogP contribution >= 0.6 is 0 Å². The summed E-state index contributed by atoms with van der Waals surface area (Å²) in [5.74, 6) is 0. The lowest BCUT2D eigenvalue weighted by molar-refractivity contribution is -0.0392. The normalized spacial score (nSPS) is 17.9. The molecule has 1 aliphatic heterocycles. The number of hydrogen-bond acceptors (Lipinski definition) is 5. The predicted molar refractivity (Wildman–Crippen MR) is 85.8 cm³/mol. The number of hydrogen-bond donors (Lipinski definition) is 2. The fourth-order valence-electron chi connectivity index (χ4n) is 2.74. The molecule has 0 aliphatic carbocycles. The zero-order valence-corrected chi connectivity index (χ0v) is 14.3. The highest BCUT2D eigenvalue weighted by Crippen LogP contribution is 2.34. The van der Waals surface area contributed by atoms with Crippen LogP contribution in [0.15, 0.2) is 12.1 Å². The number of aryl methyl sites for hydroxylation is 1. The SMILES string of the molecule is Cc1ccc(CO)c(C2(O)CCN(C(=O)OC(C)(C)C)CC2)n1. The van der Waals surface area contributed by atoms with Gasteiger partial charge in [0.25, 0.3) is 0 Å². The molecule has 2 heterocycles. The van der Waals surface area contributed by atoms with E-state index in [1.807, 2.05) is 33.8 Å². The number of aliphatic hydroxyl groups is 2. The van der Waals surface area contributed by atoms with Gasteiger partial charge in [0.05, 0.1) is 12.3 Å². The molecule has 0 atom stereocenters. The second kappa shape index (κ2) is 6.45. The maximum atomic E-state index is 12.1. The first kappa shape index (κ1) is 17.7. The summed E-state index contributed by atoms with van der Waals surface area (Å²) in [5, 5.41) is 20.4. The van der Waals surface area contributed by atoms with Crippen molar-refractivity contribution in [3.8, 4) is 0 Å². The molecule has 128 valence electrons. The van der Waals surface area contributed by atoms with Crippen LogP contribution in [0, 0.1) is 6.92 Å². The quantitative estimate of drug-likeness (QED) is 0.871. The maximum absolute atomic E-state index is 12.1. The Kier molecular flexibility index (Phi) is 4.96. The van der Waals surface area contributed by atoms with Crippen molar-refractivity contribution >= 4 is 6.09 Å². The maximum Gasteiger partial charge on any atom is 0.410 e. The Balaban J connectivity index is 2.11. The second-order valence-electron chi connectivity index (χ2n) is 7.12. The van der Waals surface area contributed by atoms with E-state index in [9.17, 15) is 15.0 Å². The van der Waals surface area contributed by atoms with Gasteiger partial charge < -0.3 is 19.8 Å². The topological polar surface area (TPSA) is 82.9 Å². The molecule has 0 bridgehead atoms. The first-order chi connectivity index (χ1) is 10.6.